The van der Waals surface area contributed by atoms with E-state index >= 15 is 0 Å². The van der Waals surface area contributed by atoms with Gasteiger partial charge < -0.3 is 33.9 Å². The van der Waals surface area contributed by atoms with Crippen molar-refractivity contribution in [2.24, 2.45) is 11.3 Å². The first-order valence-corrected chi connectivity index (χ1v) is 23.8. The van der Waals surface area contributed by atoms with Crippen LogP contribution >= 0.6 is 65.3 Å². The molecule has 4 aliphatic rings. The van der Waals surface area contributed by atoms with Crippen molar-refractivity contribution < 1.29 is 33.4 Å². The number of aryl methyl sites for hydroxylation is 1. The van der Waals surface area contributed by atoms with Gasteiger partial charge in [0.2, 0.25) is 5.91 Å². The van der Waals surface area contributed by atoms with Gasteiger partial charge in [-0.05, 0) is 88.1 Å². The number of methoxy groups -OCH3 is 1. The van der Waals surface area contributed by atoms with Crippen LogP contribution in [0.15, 0.2) is 41.9 Å². The Kier molecular flexibility index (Phi) is 19.8. The van der Waals surface area contributed by atoms with E-state index in [1.54, 1.807) is 20.4 Å². The van der Waals surface area contributed by atoms with Gasteiger partial charge in [0.1, 0.15) is 18.1 Å². The van der Waals surface area contributed by atoms with Gasteiger partial charge in [-0.15, -0.1) is 11.3 Å². The predicted octanol–water partition coefficient (Wildman–Crippen LogP) is 6.99. The SMILES string of the molecule is CCn1c(-c2cccnc2[C@H](C)OC)c2c3cc(ccc31)-c1csc(n1)C[C@H](NC(=O)[C@H](C(C)C)N(C)C(=O)N1CCC13CCOCC3)C(=O)N1CCC[C@H](N1)C(=O)OCC(C)(C)C2.S.S.S.S. The minimum Gasteiger partial charge on any atom is -0.464 e. The van der Waals surface area contributed by atoms with Crippen LogP contribution in [0.25, 0.3) is 33.4 Å². The molecular formula is C48H72N8O7S5. The van der Waals surface area contributed by atoms with Crippen LogP contribution in [-0.4, -0.2) is 124 Å². The zero-order chi connectivity index (χ0) is 45.5. The molecule has 4 amide bonds. The molecule has 376 valence electrons. The van der Waals surface area contributed by atoms with E-state index in [4.69, 9.17) is 24.2 Å². The van der Waals surface area contributed by atoms with Crippen molar-refractivity contribution >= 4 is 100 Å². The first kappa shape index (κ1) is 57.1. The maximum absolute atomic E-state index is 14.6. The number of hydrazine groups is 1. The zero-order valence-corrected chi connectivity index (χ0v) is 45.4. The number of fused-ring (bicyclic) bond motifs is 6. The number of ether oxygens (including phenoxy) is 3. The Hall–Kier alpha value is -3.50. The minimum absolute atomic E-state index is 0. The Balaban J connectivity index is 0.00000252. The van der Waals surface area contributed by atoms with Crippen LogP contribution in [-0.2, 0) is 48.0 Å². The first-order valence-electron chi connectivity index (χ1n) is 22.9. The second kappa shape index (κ2) is 23.6. The van der Waals surface area contributed by atoms with Crippen LogP contribution in [0, 0.1) is 11.3 Å². The van der Waals surface area contributed by atoms with E-state index in [0.717, 1.165) is 63.9 Å². The Bertz CT molecular complexity index is 2410. The number of carbonyl (C=O) groups excluding carboxylic acids is 4. The number of benzene rings is 1. The molecule has 68 heavy (non-hydrogen) atoms. The standard InChI is InChI=1S/C48H64N8O7S.4H2S/c1-9-54-38-15-14-31-24-33(38)34(42(54)32-12-10-19-49-40(32)30(4)61-8)26-47(5,6)28-63-45(59)35-13-11-20-56(52-35)44(58)36(25-39-50-37(31)27-64-39)51-43(57)41(29(2)3)53(7)46(60)55-21-16-48(55)17-22-62-23-18-48;;;;/h10,12,14-15,19,24,27,29-30,35-36,41,52H,9,11,13,16-18,20-23,25-26,28H2,1-8H3,(H,51,57);4*1H2/t30-,35-,36-,41-;;;;/m0..../s1. The lowest BCUT2D eigenvalue weighted by molar-refractivity contribution is -0.155. The normalized spacial score (nSPS) is 20.8. The number of cyclic esters (lactones) is 1. The Labute approximate surface area is 432 Å². The van der Waals surface area contributed by atoms with E-state index < -0.39 is 35.4 Å². The summed E-state index contributed by atoms with van der Waals surface area (Å²) in [7, 11) is 3.37. The quantitative estimate of drug-likeness (QED) is 0.176. The van der Waals surface area contributed by atoms with Crippen LogP contribution in [0.5, 0.6) is 0 Å². The largest absolute Gasteiger partial charge is 0.464 e. The molecule has 4 atom stereocenters. The van der Waals surface area contributed by atoms with Crippen LogP contribution in [0.4, 0.5) is 4.79 Å². The van der Waals surface area contributed by atoms with E-state index in [-0.39, 0.29) is 96.5 Å². The summed E-state index contributed by atoms with van der Waals surface area (Å²) >= 11 is 1.43. The molecule has 0 aliphatic carbocycles. The Morgan fingerprint density at radius 3 is 2.46 bits per heavy atom. The van der Waals surface area contributed by atoms with Gasteiger partial charge in [-0.3, -0.25) is 24.4 Å². The highest BCUT2D eigenvalue weighted by molar-refractivity contribution is 7.59. The average molecular weight is 1030 g/mol. The van der Waals surface area contributed by atoms with E-state index in [2.05, 4.69) is 60.3 Å². The molecule has 0 unspecified atom stereocenters. The average Bonchev–Trinajstić information content (AvgIpc) is 3.88. The zero-order valence-electron chi connectivity index (χ0n) is 40.6. The number of pyridine rings is 1. The number of urea groups is 1. The summed E-state index contributed by atoms with van der Waals surface area (Å²) in [5.74, 6) is -1.51. The van der Waals surface area contributed by atoms with Gasteiger partial charge in [-0.25, -0.2) is 15.2 Å². The summed E-state index contributed by atoms with van der Waals surface area (Å²) in [5, 5.41) is 8.25. The van der Waals surface area contributed by atoms with E-state index in [1.165, 1.54) is 21.2 Å². The van der Waals surface area contributed by atoms with Crippen molar-refractivity contribution in [2.45, 2.75) is 123 Å². The highest BCUT2D eigenvalue weighted by Crippen LogP contribution is 2.43. The molecule has 1 spiro atoms. The van der Waals surface area contributed by atoms with Crippen LogP contribution < -0.4 is 10.7 Å². The van der Waals surface area contributed by atoms with Crippen LogP contribution in [0.3, 0.4) is 0 Å². The number of hydrogen-bond donors (Lipinski definition) is 2. The molecule has 6 bridgehead atoms. The summed E-state index contributed by atoms with van der Waals surface area (Å²) < 4.78 is 19.9. The Morgan fingerprint density at radius 1 is 1.06 bits per heavy atom. The van der Waals surface area contributed by atoms with E-state index in [1.807, 2.05) is 37.1 Å². The molecule has 20 heteroatoms. The molecule has 8 rings (SSSR count). The molecule has 4 aromatic rings. The van der Waals surface area contributed by atoms with Crippen molar-refractivity contribution in [1.29, 1.82) is 0 Å². The number of nitrogens with zero attached hydrogens (tertiary/aromatic N) is 6. The predicted molar refractivity (Wildman–Crippen MR) is 287 cm³/mol. The van der Waals surface area contributed by atoms with Gasteiger partial charge in [0.25, 0.3) is 5.91 Å². The van der Waals surface area contributed by atoms with Crippen molar-refractivity contribution in [2.75, 3.05) is 47.1 Å². The number of nitrogens with one attached hydrogen (secondary N) is 2. The summed E-state index contributed by atoms with van der Waals surface area (Å²) in [6, 6.07) is 7.63. The molecule has 2 N–H and O–H groups in total. The molecule has 0 radical (unpaired) electrons. The number of hydrogen-bond acceptors (Lipinski definition) is 11. The Morgan fingerprint density at radius 2 is 1.79 bits per heavy atom. The number of rotatable bonds is 8. The van der Waals surface area contributed by atoms with Crippen LogP contribution in [0.2, 0.25) is 0 Å². The number of likely N-dealkylation sites (tertiary alicyclic amines) is 1. The number of likely N-dealkylation sites (N-methyl/N-ethyl adjacent to an activating group) is 1. The third-order valence-corrected chi connectivity index (χ3v) is 14.7. The van der Waals surface area contributed by atoms with Gasteiger partial charge in [0.05, 0.1) is 40.3 Å². The third-order valence-electron chi connectivity index (χ3n) is 13.8. The first-order chi connectivity index (χ1) is 30.6. The summed E-state index contributed by atoms with van der Waals surface area (Å²) in [6.45, 7) is 15.2. The molecule has 3 aromatic heterocycles. The van der Waals surface area contributed by atoms with Gasteiger partial charge in [-0.1, -0.05) is 33.8 Å². The fraction of sp³-hybridized carbons (Fsp3) is 0.583. The smallest absolute Gasteiger partial charge is 0.324 e. The van der Waals surface area contributed by atoms with Crippen molar-refractivity contribution in [1.82, 2.24) is 40.1 Å². The highest BCUT2D eigenvalue weighted by atomic mass is 32.1. The molecular weight excluding hydrogens is 961 g/mol. The highest BCUT2D eigenvalue weighted by Gasteiger charge is 2.50. The molecule has 7 heterocycles. The maximum Gasteiger partial charge on any atom is 0.324 e. The molecule has 15 nitrogen and oxygen atoms in total. The lowest BCUT2D eigenvalue weighted by atomic mass is 9.78. The monoisotopic (exact) mass is 1030 g/mol. The molecule has 3 saturated heterocycles. The van der Waals surface area contributed by atoms with Crippen molar-refractivity contribution in [3.63, 3.8) is 0 Å². The number of thiazole rings is 1. The summed E-state index contributed by atoms with van der Waals surface area (Å²) in [5.41, 5.74) is 9.17. The summed E-state index contributed by atoms with van der Waals surface area (Å²) in [4.78, 5) is 70.5. The van der Waals surface area contributed by atoms with Crippen LogP contribution in [0.1, 0.15) is 96.0 Å². The number of aromatic nitrogens is 3. The number of amides is 4. The molecule has 0 saturated carbocycles. The third kappa shape index (κ3) is 11.3. The summed E-state index contributed by atoms with van der Waals surface area (Å²) in [6.07, 6.45) is 5.76. The molecule has 4 aliphatic heterocycles. The van der Waals surface area contributed by atoms with E-state index in [0.29, 0.717) is 57.1 Å². The number of carbonyl (C=O) groups is 4. The number of esters is 1. The van der Waals surface area contributed by atoms with Gasteiger partial charge >= 0.3 is 12.0 Å². The van der Waals surface area contributed by atoms with Gasteiger partial charge in [0.15, 0.2) is 0 Å². The van der Waals surface area contributed by atoms with Crippen molar-refractivity contribution in [3.05, 3.63) is 58.2 Å². The molecule has 1 aromatic carbocycles. The van der Waals surface area contributed by atoms with E-state index in [9.17, 15) is 19.2 Å². The topological polar surface area (TPSA) is 160 Å². The fourth-order valence-electron chi connectivity index (χ4n) is 10.2. The lowest BCUT2D eigenvalue weighted by Crippen LogP contribution is -2.68. The van der Waals surface area contributed by atoms with Gasteiger partial charge in [0, 0.05) is 92.4 Å². The second-order valence-corrected chi connectivity index (χ2v) is 20.0. The second-order valence-electron chi connectivity index (χ2n) is 19.1. The van der Waals surface area contributed by atoms with Gasteiger partial charge in [-0.2, -0.15) is 54.0 Å². The molecule has 3 fully saturated rings. The lowest BCUT2D eigenvalue weighted by Gasteiger charge is -2.56. The maximum atomic E-state index is 14.6. The minimum atomic E-state index is -1.04. The van der Waals surface area contributed by atoms with Crippen molar-refractivity contribution in [3.8, 4) is 22.5 Å². The fourth-order valence-corrected chi connectivity index (χ4v) is 11.0.